The Morgan fingerprint density at radius 1 is 1.26 bits per heavy atom. The Bertz CT molecular complexity index is 1080. The van der Waals surface area contributed by atoms with Crippen LogP contribution < -0.4 is 5.32 Å². The highest BCUT2D eigenvalue weighted by molar-refractivity contribution is 6.30. The second-order valence-corrected chi connectivity index (χ2v) is 6.27. The van der Waals surface area contributed by atoms with Gasteiger partial charge >= 0.3 is 0 Å². The summed E-state index contributed by atoms with van der Waals surface area (Å²) in [5.41, 5.74) is 1.30. The SMILES string of the molecule is Cc1oc(-c2ccco2)nc1CC(=O)Nc1ccnn1-c1cccc(Cl)c1. The van der Waals surface area contributed by atoms with Crippen LogP contribution in [0, 0.1) is 6.92 Å². The lowest BCUT2D eigenvalue weighted by Crippen LogP contribution is -2.17. The van der Waals surface area contributed by atoms with Crippen molar-refractivity contribution in [3.05, 3.63) is 71.4 Å². The summed E-state index contributed by atoms with van der Waals surface area (Å²) in [6, 6.07) is 12.4. The Morgan fingerprint density at radius 3 is 2.93 bits per heavy atom. The van der Waals surface area contributed by atoms with Crippen molar-refractivity contribution < 1.29 is 13.6 Å². The molecule has 7 nitrogen and oxygen atoms in total. The zero-order chi connectivity index (χ0) is 18.8. The first-order valence-corrected chi connectivity index (χ1v) is 8.58. The van der Waals surface area contributed by atoms with Gasteiger partial charge in [-0.25, -0.2) is 9.67 Å². The number of oxazole rings is 1. The van der Waals surface area contributed by atoms with Gasteiger partial charge in [-0.2, -0.15) is 5.10 Å². The number of benzene rings is 1. The maximum atomic E-state index is 12.5. The third-order valence-electron chi connectivity index (χ3n) is 3.92. The van der Waals surface area contributed by atoms with Crippen molar-refractivity contribution in [3.8, 4) is 17.3 Å². The minimum Gasteiger partial charge on any atom is -0.459 e. The summed E-state index contributed by atoms with van der Waals surface area (Å²) in [7, 11) is 0. The summed E-state index contributed by atoms with van der Waals surface area (Å²) in [5, 5.41) is 7.67. The number of hydrogen-bond donors (Lipinski definition) is 1. The van der Waals surface area contributed by atoms with Crippen LogP contribution in [0.4, 0.5) is 5.82 Å². The number of nitrogens with zero attached hydrogens (tertiary/aromatic N) is 3. The Labute approximate surface area is 159 Å². The van der Waals surface area contributed by atoms with Crippen molar-refractivity contribution in [1.29, 1.82) is 0 Å². The number of rotatable bonds is 5. The number of anilines is 1. The van der Waals surface area contributed by atoms with E-state index >= 15 is 0 Å². The molecule has 0 radical (unpaired) electrons. The van der Waals surface area contributed by atoms with Crippen LogP contribution in [0.5, 0.6) is 0 Å². The summed E-state index contributed by atoms with van der Waals surface area (Å²) < 4.78 is 12.5. The number of furan rings is 1. The van der Waals surface area contributed by atoms with Crippen LogP contribution in [0.15, 0.2) is 63.8 Å². The summed E-state index contributed by atoms with van der Waals surface area (Å²) in [6.07, 6.45) is 3.21. The van der Waals surface area contributed by atoms with Crippen LogP contribution in [-0.4, -0.2) is 20.7 Å². The smallest absolute Gasteiger partial charge is 0.263 e. The first-order valence-electron chi connectivity index (χ1n) is 8.20. The third kappa shape index (κ3) is 3.63. The van der Waals surface area contributed by atoms with E-state index in [4.69, 9.17) is 20.4 Å². The fourth-order valence-corrected chi connectivity index (χ4v) is 2.83. The fraction of sp³-hybridized carbons (Fsp3) is 0.105. The highest BCUT2D eigenvalue weighted by Gasteiger charge is 2.17. The van der Waals surface area contributed by atoms with Gasteiger partial charge in [0.1, 0.15) is 11.6 Å². The molecule has 4 aromatic rings. The maximum absolute atomic E-state index is 12.5. The number of nitrogens with one attached hydrogen (secondary N) is 1. The van der Waals surface area contributed by atoms with Crippen LogP contribution >= 0.6 is 11.6 Å². The van der Waals surface area contributed by atoms with E-state index in [1.54, 1.807) is 48.1 Å². The zero-order valence-electron chi connectivity index (χ0n) is 14.3. The van der Waals surface area contributed by atoms with Gasteiger partial charge in [0.25, 0.3) is 5.89 Å². The first kappa shape index (κ1) is 17.1. The number of amides is 1. The topological polar surface area (TPSA) is 86.1 Å². The molecule has 8 heteroatoms. The number of aromatic nitrogens is 3. The number of aryl methyl sites for hydroxylation is 1. The lowest BCUT2D eigenvalue weighted by atomic mass is 10.2. The molecule has 0 fully saturated rings. The summed E-state index contributed by atoms with van der Waals surface area (Å²) in [6.45, 7) is 1.76. The van der Waals surface area contributed by atoms with E-state index in [1.165, 1.54) is 6.26 Å². The van der Waals surface area contributed by atoms with Gasteiger partial charge in [0.15, 0.2) is 5.76 Å². The van der Waals surface area contributed by atoms with Gasteiger partial charge < -0.3 is 14.2 Å². The number of carbonyl (C=O) groups excluding carboxylic acids is 1. The molecule has 3 aromatic heterocycles. The van der Waals surface area contributed by atoms with E-state index < -0.39 is 0 Å². The molecule has 0 aliphatic rings. The van der Waals surface area contributed by atoms with Gasteiger partial charge in [0, 0.05) is 11.1 Å². The van der Waals surface area contributed by atoms with Crippen LogP contribution in [0.3, 0.4) is 0 Å². The molecule has 0 spiro atoms. The van der Waals surface area contributed by atoms with Crippen molar-refractivity contribution in [1.82, 2.24) is 14.8 Å². The van der Waals surface area contributed by atoms with E-state index in [1.807, 2.05) is 12.1 Å². The van der Waals surface area contributed by atoms with Gasteiger partial charge in [0.2, 0.25) is 5.91 Å². The van der Waals surface area contributed by atoms with E-state index in [0.29, 0.717) is 33.9 Å². The minimum atomic E-state index is -0.235. The predicted molar refractivity (Wildman–Crippen MR) is 99.8 cm³/mol. The highest BCUT2D eigenvalue weighted by Crippen LogP contribution is 2.23. The van der Waals surface area contributed by atoms with Crippen LogP contribution in [-0.2, 0) is 11.2 Å². The molecule has 136 valence electrons. The van der Waals surface area contributed by atoms with E-state index in [9.17, 15) is 4.79 Å². The molecule has 0 saturated heterocycles. The minimum absolute atomic E-state index is 0.0662. The lowest BCUT2D eigenvalue weighted by Gasteiger charge is -2.09. The molecule has 1 aromatic carbocycles. The third-order valence-corrected chi connectivity index (χ3v) is 4.15. The van der Waals surface area contributed by atoms with Crippen molar-refractivity contribution in [2.45, 2.75) is 13.3 Å². The highest BCUT2D eigenvalue weighted by atomic mass is 35.5. The van der Waals surface area contributed by atoms with Crippen LogP contribution in [0.25, 0.3) is 17.3 Å². The average Bonchev–Trinajstić information content (AvgIpc) is 3.37. The molecule has 3 heterocycles. The van der Waals surface area contributed by atoms with Gasteiger partial charge in [-0.15, -0.1) is 0 Å². The largest absolute Gasteiger partial charge is 0.459 e. The Kier molecular flexibility index (Phi) is 4.52. The monoisotopic (exact) mass is 382 g/mol. The van der Waals surface area contributed by atoms with E-state index in [2.05, 4.69) is 15.4 Å². The Morgan fingerprint density at radius 2 is 2.15 bits per heavy atom. The van der Waals surface area contributed by atoms with Gasteiger partial charge in [-0.05, 0) is 37.3 Å². The zero-order valence-corrected chi connectivity index (χ0v) is 15.1. The maximum Gasteiger partial charge on any atom is 0.263 e. The molecule has 0 aliphatic carbocycles. The average molecular weight is 383 g/mol. The Balaban J connectivity index is 1.51. The molecular weight excluding hydrogens is 368 g/mol. The normalized spacial score (nSPS) is 10.9. The van der Waals surface area contributed by atoms with Gasteiger partial charge in [-0.3, -0.25) is 4.79 Å². The molecule has 27 heavy (non-hydrogen) atoms. The molecule has 0 atom stereocenters. The number of hydrogen-bond acceptors (Lipinski definition) is 5. The van der Waals surface area contributed by atoms with Crippen molar-refractivity contribution in [2.24, 2.45) is 0 Å². The summed E-state index contributed by atoms with van der Waals surface area (Å²) in [5.74, 6) is 1.74. The van der Waals surface area contributed by atoms with Gasteiger partial charge in [0.05, 0.1) is 30.3 Å². The van der Waals surface area contributed by atoms with Crippen molar-refractivity contribution >= 4 is 23.3 Å². The Hall–Kier alpha value is -3.32. The standard InChI is InChI=1S/C19H15ClN4O3/c1-12-15(22-19(27-12)16-6-3-9-26-16)11-18(25)23-17-7-8-21-24(17)14-5-2-4-13(20)10-14/h2-10H,11H2,1H3,(H,23,25). The molecule has 4 rings (SSSR count). The molecule has 1 amide bonds. The van der Waals surface area contributed by atoms with E-state index in [-0.39, 0.29) is 12.3 Å². The lowest BCUT2D eigenvalue weighted by molar-refractivity contribution is -0.115. The van der Waals surface area contributed by atoms with Crippen molar-refractivity contribution in [3.63, 3.8) is 0 Å². The second-order valence-electron chi connectivity index (χ2n) is 5.83. The molecule has 0 aliphatic heterocycles. The van der Waals surface area contributed by atoms with E-state index in [0.717, 1.165) is 5.69 Å². The first-order chi connectivity index (χ1) is 13.1. The fourth-order valence-electron chi connectivity index (χ4n) is 2.65. The van der Waals surface area contributed by atoms with Crippen LogP contribution in [0.2, 0.25) is 5.02 Å². The molecule has 0 unspecified atom stereocenters. The summed E-state index contributed by atoms with van der Waals surface area (Å²) >= 11 is 6.03. The molecule has 0 bridgehead atoms. The molecule has 1 N–H and O–H groups in total. The van der Waals surface area contributed by atoms with Crippen molar-refractivity contribution in [2.75, 3.05) is 5.32 Å². The molecular formula is C19H15ClN4O3. The van der Waals surface area contributed by atoms with Gasteiger partial charge in [-0.1, -0.05) is 17.7 Å². The number of halogens is 1. The molecule has 0 saturated carbocycles. The van der Waals surface area contributed by atoms with Crippen LogP contribution in [0.1, 0.15) is 11.5 Å². The second kappa shape index (κ2) is 7.13. The quantitative estimate of drug-likeness (QED) is 0.557. The number of carbonyl (C=O) groups is 1. The summed E-state index contributed by atoms with van der Waals surface area (Å²) in [4.78, 5) is 16.8. The predicted octanol–water partition coefficient (Wildman–Crippen LogP) is 4.26.